The van der Waals surface area contributed by atoms with Crippen LogP contribution in [0.25, 0.3) is 0 Å². The Morgan fingerprint density at radius 3 is 2.24 bits per heavy atom. The number of ether oxygens (including phenoxy) is 1. The topological polar surface area (TPSA) is 49.7 Å². The molecule has 3 heteroatoms. The first-order valence-electron chi connectivity index (χ1n) is 6.13. The van der Waals surface area contributed by atoms with Gasteiger partial charge >= 0.3 is 0 Å². The molecule has 17 heavy (non-hydrogen) atoms. The van der Waals surface area contributed by atoms with Crippen LogP contribution < -0.4 is 4.74 Å². The van der Waals surface area contributed by atoms with Gasteiger partial charge in [-0.3, -0.25) is 0 Å². The van der Waals surface area contributed by atoms with Crippen molar-refractivity contribution in [2.75, 3.05) is 7.11 Å². The molecule has 0 aliphatic rings. The number of hydrogen-bond acceptors (Lipinski definition) is 3. The lowest BCUT2D eigenvalue weighted by Gasteiger charge is -2.32. The monoisotopic (exact) mass is 238 g/mol. The van der Waals surface area contributed by atoms with Crippen LogP contribution in [-0.2, 0) is 5.60 Å². The Morgan fingerprint density at radius 2 is 1.82 bits per heavy atom. The van der Waals surface area contributed by atoms with Gasteiger partial charge in [-0.2, -0.15) is 0 Å². The second-order valence-corrected chi connectivity index (χ2v) is 4.31. The molecule has 0 fully saturated rings. The van der Waals surface area contributed by atoms with Gasteiger partial charge in [0, 0.05) is 0 Å². The lowest BCUT2D eigenvalue weighted by molar-refractivity contribution is -0.0866. The maximum atomic E-state index is 10.6. The van der Waals surface area contributed by atoms with E-state index >= 15 is 0 Å². The zero-order valence-electron chi connectivity index (χ0n) is 10.8. The second kappa shape index (κ2) is 6.03. The third kappa shape index (κ3) is 2.99. The van der Waals surface area contributed by atoms with Gasteiger partial charge in [-0.1, -0.05) is 32.4 Å². The van der Waals surface area contributed by atoms with Crippen LogP contribution >= 0.6 is 0 Å². The average Bonchev–Trinajstić information content (AvgIpc) is 2.38. The zero-order valence-corrected chi connectivity index (χ0v) is 10.8. The van der Waals surface area contributed by atoms with Crippen molar-refractivity contribution in [2.24, 2.45) is 0 Å². The quantitative estimate of drug-likeness (QED) is 0.800. The number of benzene rings is 1. The molecule has 1 aromatic carbocycles. The number of methoxy groups -OCH3 is 1. The van der Waals surface area contributed by atoms with Gasteiger partial charge in [-0.05, 0) is 30.5 Å². The van der Waals surface area contributed by atoms with E-state index in [1.54, 1.807) is 31.4 Å². The molecule has 0 aromatic heterocycles. The van der Waals surface area contributed by atoms with Gasteiger partial charge in [-0.25, -0.2) is 0 Å². The van der Waals surface area contributed by atoms with Crippen molar-refractivity contribution in [1.82, 2.24) is 0 Å². The summed E-state index contributed by atoms with van der Waals surface area (Å²) in [5.41, 5.74) is -0.427. The molecule has 2 N–H and O–H groups in total. The highest BCUT2D eigenvalue weighted by Gasteiger charge is 2.34. The molecule has 0 heterocycles. The van der Waals surface area contributed by atoms with Gasteiger partial charge in [0.2, 0.25) is 0 Å². The van der Waals surface area contributed by atoms with Crippen LogP contribution in [-0.4, -0.2) is 23.4 Å². The summed E-state index contributed by atoms with van der Waals surface area (Å²) in [4.78, 5) is 0. The number of rotatable bonds is 6. The van der Waals surface area contributed by atoms with E-state index in [-0.39, 0.29) is 0 Å². The average molecular weight is 238 g/mol. The van der Waals surface area contributed by atoms with Gasteiger partial charge in [0.15, 0.2) is 0 Å². The lowest BCUT2D eigenvalue weighted by Crippen LogP contribution is -2.38. The van der Waals surface area contributed by atoms with Gasteiger partial charge in [-0.15, -0.1) is 0 Å². The molecule has 0 bridgehead atoms. The van der Waals surface area contributed by atoms with Crippen molar-refractivity contribution in [1.29, 1.82) is 0 Å². The van der Waals surface area contributed by atoms with Crippen molar-refractivity contribution in [3.63, 3.8) is 0 Å². The van der Waals surface area contributed by atoms with E-state index in [0.29, 0.717) is 12.8 Å². The Balaban J connectivity index is 2.98. The Hall–Kier alpha value is -1.06. The molecular formula is C14H22O3. The molecule has 0 aliphatic carbocycles. The minimum atomic E-state index is -1.16. The first-order valence-corrected chi connectivity index (χ1v) is 6.13. The Labute approximate surface area is 103 Å². The first kappa shape index (κ1) is 14.0. The summed E-state index contributed by atoms with van der Waals surface area (Å²) in [6.45, 7) is 3.87. The van der Waals surface area contributed by atoms with Crippen molar-refractivity contribution < 1.29 is 14.9 Å². The van der Waals surface area contributed by atoms with E-state index in [4.69, 9.17) is 4.74 Å². The van der Waals surface area contributed by atoms with E-state index in [1.165, 1.54) is 0 Å². The molecule has 0 saturated heterocycles. The molecule has 1 aromatic rings. The highest BCUT2D eigenvalue weighted by Crippen LogP contribution is 2.32. The molecular weight excluding hydrogens is 216 g/mol. The van der Waals surface area contributed by atoms with Crippen LogP contribution in [0.5, 0.6) is 5.75 Å². The Bertz CT molecular complexity index is 334. The van der Waals surface area contributed by atoms with Crippen LogP contribution in [0.15, 0.2) is 24.3 Å². The summed E-state index contributed by atoms with van der Waals surface area (Å²) in [6, 6.07) is 7.21. The molecule has 0 amide bonds. The minimum Gasteiger partial charge on any atom is -0.497 e. The predicted octanol–water partition coefficient (Wildman–Crippen LogP) is 2.45. The molecule has 0 radical (unpaired) electrons. The molecule has 0 saturated carbocycles. The molecule has 96 valence electrons. The Kier molecular flexibility index (Phi) is 4.97. The van der Waals surface area contributed by atoms with Gasteiger partial charge in [0.1, 0.15) is 11.4 Å². The van der Waals surface area contributed by atoms with Gasteiger partial charge in [0.25, 0.3) is 0 Å². The molecule has 0 spiro atoms. The van der Waals surface area contributed by atoms with Crippen molar-refractivity contribution in [2.45, 2.75) is 44.8 Å². The zero-order chi connectivity index (χ0) is 12.9. The van der Waals surface area contributed by atoms with Crippen LogP contribution in [0.1, 0.15) is 38.7 Å². The number of aliphatic hydroxyl groups excluding tert-OH is 1. The largest absolute Gasteiger partial charge is 0.497 e. The van der Waals surface area contributed by atoms with E-state index in [1.807, 2.05) is 13.8 Å². The summed E-state index contributed by atoms with van der Waals surface area (Å²) in [7, 11) is 1.60. The molecule has 0 unspecified atom stereocenters. The van der Waals surface area contributed by atoms with E-state index in [2.05, 4.69) is 0 Å². The summed E-state index contributed by atoms with van der Waals surface area (Å²) >= 11 is 0. The summed E-state index contributed by atoms with van der Waals surface area (Å²) in [6.07, 6.45) is 1.20. The maximum Gasteiger partial charge on any atom is 0.118 e. The van der Waals surface area contributed by atoms with Crippen LogP contribution in [0.4, 0.5) is 0 Å². The molecule has 1 rings (SSSR count). The highest BCUT2D eigenvalue weighted by molar-refractivity contribution is 5.31. The summed E-state index contributed by atoms with van der Waals surface area (Å²) < 4.78 is 5.08. The molecule has 3 nitrogen and oxygen atoms in total. The number of hydrogen-bond donors (Lipinski definition) is 2. The molecule has 2 atom stereocenters. The highest BCUT2D eigenvalue weighted by atomic mass is 16.5. The SMILES string of the molecule is CCC[C@@H](O)[C@](O)(CC)c1ccc(OC)cc1. The summed E-state index contributed by atoms with van der Waals surface area (Å²) in [5.74, 6) is 0.747. The molecule has 0 aliphatic heterocycles. The standard InChI is InChI=1S/C14H22O3/c1-4-6-13(15)14(16,5-2)11-7-9-12(17-3)10-8-11/h7-10,13,15-16H,4-6H2,1-3H3/t13-,14+/m1/s1. The smallest absolute Gasteiger partial charge is 0.118 e. The van der Waals surface area contributed by atoms with Crippen molar-refractivity contribution in [3.8, 4) is 5.75 Å². The maximum absolute atomic E-state index is 10.6. The van der Waals surface area contributed by atoms with Gasteiger partial charge < -0.3 is 14.9 Å². The van der Waals surface area contributed by atoms with Crippen LogP contribution in [0.3, 0.4) is 0 Å². The second-order valence-electron chi connectivity index (χ2n) is 4.31. The minimum absolute atomic E-state index is 0.487. The summed E-state index contributed by atoms with van der Waals surface area (Å²) in [5, 5.41) is 20.6. The third-order valence-corrected chi connectivity index (χ3v) is 3.24. The van der Waals surface area contributed by atoms with E-state index in [9.17, 15) is 10.2 Å². The fraction of sp³-hybridized carbons (Fsp3) is 0.571. The van der Waals surface area contributed by atoms with Crippen LogP contribution in [0, 0.1) is 0 Å². The van der Waals surface area contributed by atoms with Crippen LogP contribution in [0.2, 0.25) is 0 Å². The van der Waals surface area contributed by atoms with E-state index < -0.39 is 11.7 Å². The lowest BCUT2D eigenvalue weighted by atomic mass is 9.84. The normalized spacial score (nSPS) is 16.3. The van der Waals surface area contributed by atoms with E-state index in [0.717, 1.165) is 17.7 Å². The number of aliphatic hydroxyl groups is 2. The van der Waals surface area contributed by atoms with Crippen molar-refractivity contribution in [3.05, 3.63) is 29.8 Å². The fourth-order valence-electron chi connectivity index (χ4n) is 2.02. The van der Waals surface area contributed by atoms with Crippen molar-refractivity contribution >= 4 is 0 Å². The third-order valence-electron chi connectivity index (χ3n) is 3.24. The van der Waals surface area contributed by atoms with Gasteiger partial charge in [0.05, 0.1) is 13.2 Å². The predicted molar refractivity (Wildman–Crippen MR) is 68.1 cm³/mol. The first-order chi connectivity index (χ1) is 8.08. The fourth-order valence-corrected chi connectivity index (χ4v) is 2.02. The Morgan fingerprint density at radius 1 is 1.24 bits per heavy atom.